The molecule has 0 fully saturated rings. The minimum atomic E-state index is -0.431. The Labute approximate surface area is 178 Å². The smallest absolute Gasteiger partial charge is 0.271 e. The van der Waals surface area contributed by atoms with Crippen LogP contribution in [0.15, 0.2) is 46.4 Å². The summed E-state index contributed by atoms with van der Waals surface area (Å²) in [7, 11) is 3.13. The summed E-state index contributed by atoms with van der Waals surface area (Å²) in [6.45, 7) is 3.97. The fraction of sp³-hybridized carbons (Fsp3) is 0.318. The van der Waals surface area contributed by atoms with Crippen molar-refractivity contribution in [1.82, 2.24) is 4.90 Å². The number of nitrogens with zero attached hydrogens (tertiary/aromatic N) is 3. The second-order valence-electron chi connectivity index (χ2n) is 7.37. The lowest BCUT2D eigenvalue weighted by Gasteiger charge is -2.33. The van der Waals surface area contributed by atoms with Gasteiger partial charge >= 0.3 is 0 Å². The molecule has 8 heteroatoms. The number of halogens is 1. The van der Waals surface area contributed by atoms with E-state index in [1.54, 1.807) is 32.4 Å². The highest BCUT2D eigenvalue weighted by Crippen LogP contribution is 2.42. The van der Waals surface area contributed by atoms with Crippen LogP contribution in [0.4, 0.5) is 10.1 Å². The van der Waals surface area contributed by atoms with Gasteiger partial charge < -0.3 is 9.47 Å². The van der Waals surface area contributed by atoms with Crippen molar-refractivity contribution in [2.45, 2.75) is 25.6 Å². The Morgan fingerprint density at radius 3 is 2.53 bits per heavy atom. The monoisotopic (exact) mass is 427 g/mol. The average molecular weight is 428 g/mol. The van der Waals surface area contributed by atoms with E-state index in [0.717, 1.165) is 11.1 Å². The highest BCUT2D eigenvalue weighted by molar-refractivity contribution is 8.13. The molecule has 30 heavy (non-hydrogen) atoms. The number of thioether (sulfide) groups is 1. The van der Waals surface area contributed by atoms with Gasteiger partial charge in [-0.2, -0.15) is 4.99 Å². The summed E-state index contributed by atoms with van der Waals surface area (Å²) in [6, 6.07) is 9.62. The van der Waals surface area contributed by atoms with E-state index in [9.17, 15) is 9.18 Å². The topological polar surface area (TPSA) is 63.5 Å². The summed E-state index contributed by atoms with van der Waals surface area (Å²) in [5.74, 6) is 1.74. The molecule has 2 heterocycles. The number of carbonyl (C=O) groups excluding carboxylic acids is 1. The second kappa shape index (κ2) is 8.10. The van der Waals surface area contributed by atoms with Crippen molar-refractivity contribution in [1.29, 1.82) is 0 Å². The third-order valence-electron chi connectivity index (χ3n) is 5.03. The van der Waals surface area contributed by atoms with Gasteiger partial charge in [0.05, 0.1) is 19.9 Å². The molecule has 0 saturated heterocycles. The first-order valence-corrected chi connectivity index (χ1v) is 10.6. The van der Waals surface area contributed by atoms with Gasteiger partial charge in [0, 0.05) is 17.4 Å². The molecule has 1 atom stereocenters. The number of ether oxygens (including phenoxy) is 2. The minimum Gasteiger partial charge on any atom is -0.493 e. The number of methoxy groups -OCH3 is 2. The first-order valence-electron chi connectivity index (χ1n) is 9.57. The first-order chi connectivity index (χ1) is 14.4. The van der Waals surface area contributed by atoms with E-state index in [4.69, 9.17) is 14.5 Å². The quantitative estimate of drug-likeness (QED) is 0.708. The lowest BCUT2D eigenvalue weighted by atomic mass is 10.0. The van der Waals surface area contributed by atoms with Gasteiger partial charge in [0.2, 0.25) is 0 Å². The SMILES string of the molecule is COc1cc2c(cc1OC)C1=NC(=O)C(C(C)C)N1C(SCc1cccc(F)c1)=N2. The number of carbonyl (C=O) groups is 1. The number of aliphatic imine (C=N–C) groups is 2. The summed E-state index contributed by atoms with van der Waals surface area (Å²) < 4.78 is 24.4. The number of amides is 1. The lowest BCUT2D eigenvalue weighted by molar-refractivity contribution is -0.120. The molecule has 0 aromatic heterocycles. The van der Waals surface area contributed by atoms with Crippen molar-refractivity contribution in [3.8, 4) is 11.5 Å². The van der Waals surface area contributed by atoms with Crippen LogP contribution in [-0.2, 0) is 10.5 Å². The predicted molar refractivity (Wildman–Crippen MR) is 116 cm³/mol. The molecule has 0 bridgehead atoms. The van der Waals surface area contributed by atoms with Crippen LogP contribution in [0.1, 0.15) is 25.0 Å². The fourth-order valence-electron chi connectivity index (χ4n) is 3.62. The van der Waals surface area contributed by atoms with E-state index in [1.165, 1.54) is 23.9 Å². The molecule has 0 N–H and O–H groups in total. The molecule has 0 radical (unpaired) electrons. The molecule has 6 nitrogen and oxygen atoms in total. The van der Waals surface area contributed by atoms with Gasteiger partial charge in [-0.1, -0.05) is 37.7 Å². The van der Waals surface area contributed by atoms with Crippen LogP contribution in [0.5, 0.6) is 11.5 Å². The van der Waals surface area contributed by atoms with Crippen LogP contribution >= 0.6 is 11.8 Å². The largest absolute Gasteiger partial charge is 0.493 e. The number of rotatable bonds is 5. The molecule has 2 aromatic rings. The molecule has 1 unspecified atom stereocenters. The van der Waals surface area contributed by atoms with Gasteiger partial charge in [0.1, 0.15) is 17.7 Å². The third-order valence-corrected chi connectivity index (χ3v) is 6.05. The van der Waals surface area contributed by atoms with Crippen LogP contribution in [0.25, 0.3) is 0 Å². The van der Waals surface area contributed by atoms with E-state index in [1.807, 2.05) is 24.8 Å². The Balaban J connectivity index is 1.78. The summed E-state index contributed by atoms with van der Waals surface area (Å²) in [6.07, 6.45) is 0. The second-order valence-corrected chi connectivity index (χ2v) is 8.31. The molecule has 0 spiro atoms. The van der Waals surface area contributed by atoms with Gasteiger partial charge in [0.25, 0.3) is 5.91 Å². The third kappa shape index (κ3) is 3.56. The normalized spacial score (nSPS) is 17.5. The molecule has 4 rings (SSSR count). The molecule has 156 valence electrons. The Hall–Kier alpha value is -2.87. The molecule has 1 amide bonds. The molecule has 2 aliphatic rings. The summed E-state index contributed by atoms with van der Waals surface area (Å²) in [4.78, 5) is 23.8. The van der Waals surface area contributed by atoms with Gasteiger partial charge in [-0.3, -0.25) is 9.69 Å². The number of hydrogen-bond acceptors (Lipinski definition) is 6. The van der Waals surface area contributed by atoms with Crippen LogP contribution in [-0.4, -0.2) is 42.1 Å². The van der Waals surface area contributed by atoms with E-state index in [2.05, 4.69) is 4.99 Å². The van der Waals surface area contributed by atoms with Crippen molar-refractivity contribution < 1.29 is 18.7 Å². The van der Waals surface area contributed by atoms with E-state index in [-0.39, 0.29) is 17.6 Å². The predicted octanol–water partition coefficient (Wildman–Crippen LogP) is 4.39. The molecule has 2 aromatic carbocycles. The number of benzene rings is 2. The van der Waals surface area contributed by atoms with E-state index in [0.29, 0.717) is 33.9 Å². The molecule has 0 aliphatic carbocycles. The van der Waals surface area contributed by atoms with Gasteiger partial charge in [-0.25, -0.2) is 9.38 Å². The van der Waals surface area contributed by atoms with Crippen LogP contribution in [0.2, 0.25) is 0 Å². The fourth-order valence-corrected chi connectivity index (χ4v) is 4.60. The van der Waals surface area contributed by atoms with Crippen molar-refractivity contribution in [3.63, 3.8) is 0 Å². The summed E-state index contributed by atoms with van der Waals surface area (Å²) >= 11 is 1.45. The Morgan fingerprint density at radius 2 is 1.87 bits per heavy atom. The Bertz CT molecular complexity index is 1070. The molecular formula is C22H22FN3O3S. The molecular weight excluding hydrogens is 405 g/mol. The zero-order valence-electron chi connectivity index (χ0n) is 17.2. The van der Waals surface area contributed by atoms with Gasteiger partial charge in [0.15, 0.2) is 16.7 Å². The van der Waals surface area contributed by atoms with Crippen LogP contribution < -0.4 is 9.47 Å². The number of hydrogen-bond donors (Lipinski definition) is 0. The maximum atomic E-state index is 13.6. The van der Waals surface area contributed by atoms with Gasteiger partial charge in [-0.05, 0) is 29.7 Å². The maximum Gasteiger partial charge on any atom is 0.271 e. The Morgan fingerprint density at radius 1 is 1.13 bits per heavy atom. The first kappa shape index (κ1) is 20.4. The standard InChI is InChI=1S/C22H22FN3O3S/c1-12(2)19-21(27)25-20-15-9-17(28-3)18(29-4)10-16(15)24-22(26(19)20)30-11-13-6-5-7-14(23)8-13/h5-10,12,19H,11H2,1-4H3. The van der Waals surface area contributed by atoms with Crippen molar-refractivity contribution in [2.24, 2.45) is 15.9 Å². The lowest BCUT2D eigenvalue weighted by Crippen LogP contribution is -2.46. The number of amidine groups is 2. The highest BCUT2D eigenvalue weighted by Gasteiger charge is 2.43. The van der Waals surface area contributed by atoms with E-state index < -0.39 is 6.04 Å². The van der Waals surface area contributed by atoms with Gasteiger partial charge in [-0.15, -0.1) is 0 Å². The maximum absolute atomic E-state index is 13.6. The zero-order valence-corrected chi connectivity index (χ0v) is 18.0. The van der Waals surface area contributed by atoms with Crippen molar-refractivity contribution in [3.05, 3.63) is 53.3 Å². The van der Waals surface area contributed by atoms with E-state index >= 15 is 0 Å². The Kier molecular flexibility index (Phi) is 5.51. The zero-order chi connectivity index (χ0) is 21.4. The molecule has 2 aliphatic heterocycles. The minimum absolute atomic E-state index is 0.0420. The molecule has 0 saturated carbocycles. The van der Waals surface area contributed by atoms with Crippen molar-refractivity contribution >= 4 is 34.4 Å². The number of fused-ring (bicyclic) bond motifs is 3. The van der Waals surface area contributed by atoms with Crippen LogP contribution in [0.3, 0.4) is 0 Å². The highest BCUT2D eigenvalue weighted by atomic mass is 32.2. The van der Waals surface area contributed by atoms with Crippen molar-refractivity contribution in [2.75, 3.05) is 14.2 Å². The average Bonchev–Trinajstić information content (AvgIpc) is 3.08. The van der Waals surface area contributed by atoms with Crippen LogP contribution in [0, 0.1) is 11.7 Å². The summed E-state index contributed by atoms with van der Waals surface area (Å²) in [5.41, 5.74) is 2.21. The summed E-state index contributed by atoms with van der Waals surface area (Å²) in [5, 5.41) is 0.655.